The fourth-order valence-corrected chi connectivity index (χ4v) is 4.99. The molecule has 0 aromatic heterocycles. The lowest BCUT2D eigenvalue weighted by atomic mass is 10.0. The molecule has 7 heteroatoms. The first-order valence-corrected chi connectivity index (χ1v) is 17.2. The maximum Gasteiger partial charge on any atom is 0.306 e. The van der Waals surface area contributed by atoms with E-state index >= 15 is 0 Å². The van der Waals surface area contributed by atoms with Crippen LogP contribution in [0.2, 0.25) is 0 Å². The third-order valence-corrected chi connectivity index (χ3v) is 7.60. The number of esters is 2. The summed E-state index contributed by atoms with van der Waals surface area (Å²) in [4.78, 5) is 34.9. The average Bonchev–Trinajstić information content (AvgIpc) is 2.95. The van der Waals surface area contributed by atoms with Gasteiger partial charge in [-0.05, 0) is 19.3 Å². The fourth-order valence-electron chi connectivity index (χ4n) is 4.99. The van der Waals surface area contributed by atoms with Crippen molar-refractivity contribution in [2.45, 2.75) is 180 Å². The van der Waals surface area contributed by atoms with Gasteiger partial charge in [-0.1, -0.05) is 135 Å². The third-order valence-electron chi connectivity index (χ3n) is 7.60. The number of ether oxygens (including phenoxy) is 2. The second kappa shape index (κ2) is 31.3. The first-order valence-electron chi connectivity index (χ1n) is 17.2. The first kappa shape index (κ1) is 39.4. The van der Waals surface area contributed by atoms with Crippen molar-refractivity contribution in [1.82, 2.24) is 5.32 Å². The zero-order chi connectivity index (χ0) is 30.2. The smallest absolute Gasteiger partial charge is 0.306 e. The molecule has 1 amide bonds. The van der Waals surface area contributed by atoms with E-state index in [1.165, 1.54) is 103 Å². The van der Waals surface area contributed by atoms with Gasteiger partial charge in [-0.25, -0.2) is 0 Å². The fraction of sp³-hybridized carbons (Fsp3) is 0.912. The summed E-state index contributed by atoms with van der Waals surface area (Å²) < 4.78 is 10.5. The molecule has 242 valence electrons. The predicted octanol–water partition coefficient (Wildman–Crippen LogP) is 8.34. The maximum atomic E-state index is 12.1. The number of hydrogen-bond acceptors (Lipinski definition) is 6. The molecule has 0 spiro atoms. The van der Waals surface area contributed by atoms with Crippen molar-refractivity contribution in [2.24, 2.45) is 0 Å². The molecule has 0 aliphatic carbocycles. The maximum absolute atomic E-state index is 12.1. The van der Waals surface area contributed by atoms with Gasteiger partial charge in [0.05, 0.1) is 6.61 Å². The molecule has 0 saturated carbocycles. The minimum atomic E-state index is -0.774. The molecule has 1 atom stereocenters. The number of rotatable bonds is 31. The summed E-state index contributed by atoms with van der Waals surface area (Å²) in [5, 5.41) is 12.3. The standard InChI is InChI=1S/C34H65NO6/c1-3-4-5-6-7-8-14-18-21-24-27-34(39)41-32(29-36)30-40-33(38)26-23-20-17-15-12-10-9-11-13-16-19-22-25-28-35-31(2)37/h32,36H,3-30H2,1-2H3,(H,35,37)/t32-/m0/s1. The molecule has 41 heavy (non-hydrogen) atoms. The lowest BCUT2D eigenvalue weighted by molar-refractivity contribution is -0.161. The summed E-state index contributed by atoms with van der Waals surface area (Å²) in [5.74, 6) is -0.551. The lowest BCUT2D eigenvalue weighted by Crippen LogP contribution is -2.28. The van der Waals surface area contributed by atoms with Crippen molar-refractivity contribution in [3.63, 3.8) is 0 Å². The monoisotopic (exact) mass is 583 g/mol. The molecule has 0 aromatic rings. The molecule has 0 aromatic carbocycles. The molecule has 0 rings (SSSR count). The van der Waals surface area contributed by atoms with E-state index in [1.807, 2.05) is 0 Å². The van der Waals surface area contributed by atoms with Gasteiger partial charge >= 0.3 is 11.9 Å². The van der Waals surface area contributed by atoms with Crippen LogP contribution in [-0.4, -0.2) is 48.8 Å². The van der Waals surface area contributed by atoms with Gasteiger partial charge in [0.15, 0.2) is 6.10 Å². The molecular formula is C34H65NO6. The highest BCUT2D eigenvalue weighted by Gasteiger charge is 2.16. The number of carbonyl (C=O) groups excluding carboxylic acids is 3. The molecular weight excluding hydrogens is 518 g/mol. The van der Waals surface area contributed by atoms with Crippen LogP contribution in [0.3, 0.4) is 0 Å². The van der Waals surface area contributed by atoms with Gasteiger partial charge in [-0.3, -0.25) is 14.4 Å². The Morgan fingerprint density at radius 2 is 0.976 bits per heavy atom. The molecule has 2 N–H and O–H groups in total. The second-order valence-electron chi connectivity index (χ2n) is 11.7. The zero-order valence-electron chi connectivity index (χ0n) is 26.9. The Morgan fingerprint density at radius 3 is 1.39 bits per heavy atom. The number of nitrogens with one attached hydrogen (secondary N) is 1. The van der Waals surface area contributed by atoms with Crippen molar-refractivity contribution in [3.8, 4) is 0 Å². The van der Waals surface area contributed by atoms with Crippen LogP contribution in [0.5, 0.6) is 0 Å². The summed E-state index contributed by atoms with van der Waals surface area (Å²) in [6, 6.07) is 0. The van der Waals surface area contributed by atoms with E-state index < -0.39 is 6.10 Å². The number of carbonyl (C=O) groups is 3. The van der Waals surface area contributed by atoms with Gasteiger partial charge in [-0.15, -0.1) is 0 Å². The second-order valence-corrected chi connectivity index (χ2v) is 11.7. The summed E-state index contributed by atoms with van der Waals surface area (Å²) in [6.45, 7) is 4.19. The summed E-state index contributed by atoms with van der Waals surface area (Å²) >= 11 is 0. The van der Waals surface area contributed by atoms with Gasteiger partial charge in [0, 0.05) is 26.3 Å². The van der Waals surface area contributed by atoms with Gasteiger partial charge in [-0.2, -0.15) is 0 Å². The lowest BCUT2D eigenvalue weighted by Gasteiger charge is -2.15. The van der Waals surface area contributed by atoms with Crippen LogP contribution in [0.15, 0.2) is 0 Å². The SMILES string of the molecule is CCCCCCCCCCCCC(=O)O[C@@H](CO)COC(=O)CCCCCCCCCCCCCCCNC(C)=O. The van der Waals surface area contributed by atoms with Gasteiger partial charge in [0.25, 0.3) is 0 Å². The molecule has 0 saturated heterocycles. The van der Waals surface area contributed by atoms with Crippen LogP contribution in [0, 0.1) is 0 Å². The van der Waals surface area contributed by atoms with E-state index in [2.05, 4.69) is 12.2 Å². The molecule has 7 nitrogen and oxygen atoms in total. The van der Waals surface area contributed by atoms with E-state index in [0.29, 0.717) is 12.8 Å². The van der Waals surface area contributed by atoms with Crippen LogP contribution in [0.1, 0.15) is 174 Å². The number of hydrogen-bond donors (Lipinski definition) is 2. The van der Waals surface area contributed by atoms with E-state index in [1.54, 1.807) is 6.92 Å². The zero-order valence-corrected chi connectivity index (χ0v) is 26.9. The van der Waals surface area contributed by atoms with Gasteiger partial charge in [0.1, 0.15) is 6.61 Å². The molecule has 0 heterocycles. The average molecular weight is 584 g/mol. The van der Waals surface area contributed by atoms with Crippen LogP contribution < -0.4 is 5.32 Å². The Morgan fingerprint density at radius 1 is 0.585 bits per heavy atom. The van der Waals surface area contributed by atoms with Crippen molar-refractivity contribution < 1.29 is 29.0 Å². The van der Waals surface area contributed by atoms with Crippen molar-refractivity contribution in [2.75, 3.05) is 19.8 Å². The Bertz CT molecular complexity index is 612. The van der Waals surface area contributed by atoms with Crippen molar-refractivity contribution >= 4 is 17.8 Å². The summed E-state index contributed by atoms with van der Waals surface area (Å²) in [6.07, 6.45) is 27.5. The third kappa shape index (κ3) is 31.1. The normalized spacial score (nSPS) is 11.8. The first-order chi connectivity index (χ1) is 20.0. The number of aliphatic hydroxyl groups is 1. The topological polar surface area (TPSA) is 102 Å². The summed E-state index contributed by atoms with van der Waals surface area (Å²) in [7, 11) is 0. The molecule has 0 fully saturated rings. The highest BCUT2D eigenvalue weighted by atomic mass is 16.6. The number of unbranched alkanes of at least 4 members (excludes halogenated alkanes) is 21. The van der Waals surface area contributed by atoms with E-state index in [4.69, 9.17) is 9.47 Å². The van der Waals surface area contributed by atoms with E-state index in [-0.39, 0.29) is 31.1 Å². The molecule has 0 aliphatic heterocycles. The highest BCUT2D eigenvalue weighted by Crippen LogP contribution is 2.14. The van der Waals surface area contributed by atoms with Crippen molar-refractivity contribution in [1.29, 1.82) is 0 Å². The minimum absolute atomic E-state index is 0.0604. The van der Waals surface area contributed by atoms with Crippen LogP contribution in [-0.2, 0) is 23.9 Å². The van der Waals surface area contributed by atoms with Gasteiger partial charge in [0.2, 0.25) is 5.91 Å². The molecule has 0 radical (unpaired) electrons. The van der Waals surface area contributed by atoms with Crippen LogP contribution in [0.4, 0.5) is 0 Å². The largest absolute Gasteiger partial charge is 0.462 e. The summed E-state index contributed by atoms with van der Waals surface area (Å²) in [5.41, 5.74) is 0. The molecule has 0 aliphatic rings. The quantitative estimate of drug-likeness (QED) is 0.0628. The highest BCUT2D eigenvalue weighted by molar-refractivity contribution is 5.72. The Hall–Kier alpha value is -1.63. The van der Waals surface area contributed by atoms with E-state index in [0.717, 1.165) is 51.5 Å². The van der Waals surface area contributed by atoms with Crippen LogP contribution in [0.25, 0.3) is 0 Å². The van der Waals surface area contributed by atoms with Gasteiger partial charge < -0.3 is 19.9 Å². The van der Waals surface area contributed by atoms with Crippen LogP contribution >= 0.6 is 0 Å². The number of amides is 1. The Kier molecular flexibility index (Phi) is 30.1. The minimum Gasteiger partial charge on any atom is -0.462 e. The van der Waals surface area contributed by atoms with E-state index in [9.17, 15) is 19.5 Å². The molecule has 0 unspecified atom stereocenters. The Labute approximate surface area is 252 Å². The van der Waals surface area contributed by atoms with Crippen molar-refractivity contribution in [3.05, 3.63) is 0 Å². The Balaban J connectivity index is 3.50. The number of aliphatic hydroxyl groups excluding tert-OH is 1. The predicted molar refractivity (Wildman–Crippen MR) is 168 cm³/mol. The molecule has 0 bridgehead atoms.